The molecule has 0 aliphatic heterocycles. The molecule has 0 saturated heterocycles. The molecule has 0 aromatic heterocycles. The molecule has 17 heavy (non-hydrogen) atoms. The van der Waals surface area contributed by atoms with Crippen LogP contribution in [0.15, 0.2) is 23.4 Å². The highest BCUT2D eigenvalue weighted by Crippen LogP contribution is 2.35. The van der Waals surface area contributed by atoms with Gasteiger partial charge in [0.2, 0.25) is 6.04 Å². The fourth-order valence-corrected chi connectivity index (χ4v) is 1.27. The highest BCUT2D eigenvalue weighted by atomic mass is 19.4. The molecule has 0 saturated carbocycles. The number of nitroso groups, excluding NO2 is 1. The first-order valence-corrected chi connectivity index (χ1v) is 4.45. The minimum Gasteiger partial charge on any atom is -0.264 e. The van der Waals surface area contributed by atoms with E-state index in [0.29, 0.717) is 12.1 Å². The molecule has 1 rings (SSSR count). The minimum atomic E-state index is -4.62. The number of rotatable bonds is 3. The Hall–Kier alpha value is -1.99. The Morgan fingerprint density at radius 2 is 2.00 bits per heavy atom. The van der Waals surface area contributed by atoms with E-state index in [1.807, 2.05) is 0 Å². The van der Waals surface area contributed by atoms with Crippen molar-refractivity contribution < 1.29 is 18.1 Å². The molecule has 1 atom stereocenters. The smallest absolute Gasteiger partial charge is 0.264 e. The maximum atomic E-state index is 12.3. The summed E-state index contributed by atoms with van der Waals surface area (Å²) in [5.41, 5.74) is -1.77. The van der Waals surface area contributed by atoms with Crippen LogP contribution in [-0.4, -0.2) is 4.92 Å². The van der Waals surface area contributed by atoms with Gasteiger partial charge >= 0.3 is 6.18 Å². The van der Waals surface area contributed by atoms with E-state index in [0.717, 1.165) is 13.0 Å². The molecule has 8 heteroatoms. The summed E-state index contributed by atoms with van der Waals surface area (Å²) < 4.78 is 37.0. The summed E-state index contributed by atoms with van der Waals surface area (Å²) in [6.45, 7) is 1.16. The van der Waals surface area contributed by atoms with Gasteiger partial charge < -0.3 is 0 Å². The fraction of sp³-hybridized carbons (Fsp3) is 0.333. The quantitative estimate of drug-likeness (QED) is 0.467. The number of alkyl halides is 3. The molecule has 0 bridgehead atoms. The summed E-state index contributed by atoms with van der Waals surface area (Å²) in [6, 6.07) is 0.796. The van der Waals surface area contributed by atoms with Crippen LogP contribution < -0.4 is 0 Å². The second-order valence-electron chi connectivity index (χ2n) is 3.32. The summed E-state index contributed by atoms with van der Waals surface area (Å²) in [4.78, 5) is 20.2. The largest absolute Gasteiger partial charge is 0.416 e. The van der Waals surface area contributed by atoms with Gasteiger partial charge in [-0.25, -0.2) is 0 Å². The molecule has 1 aromatic carbocycles. The van der Waals surface area contributed by atoms with Crippen LogP contribution in [0.25, 0.3) is 0 Å². The predicted octanol–water partition coefficient (Wildman–Crippen LogP) is 3.44. The molecule has 0 heterocycles. The fourth-order valence-electron chi connectivity index (χ4n) is 1.27. The zero-order chi connectivity index (χ0) is 13.2. The number of hydrogen-bond acceptors (Lipinski definition) is 4. The van der Waals surface area contributed by atoms with Gasteiger partial charge in [0.1, 0.15) is 5.69 Å². The predicted molar refractivity (Wildman–Crippen MR) is 52.3 cm³/mol. The van der Waals surface area contributed by atoms with Crippen molar-refractivity contribution in [3.05, 3.63) is 44.3 Å². The third-order valence-corrected chi connectivity index (χ3v) is 2.22. The van der Waals surface area contributed by atoms with Crippen molar-refractivity contribution in [3.8, 4) is 0 Å². The number of hydrogen-bond donors (Lipinski definition) is 0. The zero-order valence-electron chi connectivity index (χ0n) is 8.56. The van der Waals surface area contributed by atoms with Gasteiger partial charge in [-0.15, -0.1) is 4.91 Å². The molecule has 0 aliphatic carbocycles. The van der Waals surface area contributed by atoms with Crippen LogP contribution in [0.2, 0.25) is 0 Å². The normalized spacial score (nSPS) is 13.2. The molecular weight excluding hydrogens is 241 g/mol. The van der Waals surface area contributed by atoms with Crippen LogP contribution >= 0.6 is 0 Å². The van der Waals surface area contributed by atoms with Crippen molar-refractivity contribution >= 4 is 5.69 Å². The van der Waals surface area contributed by atoms with Gasteiger partial charge in [-0.2, -0.15) is 13.2 Å². The highest BCUT2D eigenvalue weighted by molar-refractivity contribution is 5.50. The lowest BCUT2D eigenvalue weighted by Crippen LogP contribution is -2.09. The van der Waals surface area contributed by atoms with E-state index in [1.165, 1.54) is 0 Å². The number of nitrogens with zero attached hydrogens (tertiary/aromatic N) is 2. The average molecular weight is 248 g/mol. The van der Waals surface area contributed by atoms with Gasteiger partial charge in [-0.05, 0) is 23.4 Å². The molecule has 0 fully saturated rings. The Morgan fingerprint density at radius 1 is 1.41 bits per heavy atom. The van der Waals surface area contributed by atoms with Gasteiger partial charge in [0.25, 0.3) is 0 Å². The first kappa shape index (κ1) is 13.1. The lowest BCUT2D eigenvalue weighted by Gasteiger charge is -2.10. The first-order chi connectivity index (χ1) is 7.77. The lowest BCUT2D eigenvalue weighted by atomic mass is 10.0. The topological polar surface area (TPSA) is 72.6 Å². The molecule has 92 valence electrons. The Labute approximate surface area is 93.4 Å². The maximum absolute atomic E-state index is 12.3. The van der Waals surface area contributed by atoms with E-state index in [9.17, 15) is 28.2 Å². The zero-order valence-corrected chi connectivity index (χ0v) is 8.56. The summed E-state index contributed by atoms with van der Waals surface area (Å²) in [5.74, 6) is 0. The van der Waals surface area contributed by atoms with Gasteiger partial charge in [-0.3, -0.25) is 10.1 Å². The molecule has 0 spiro atoms. The van der Waals surface area contributed by atoms with Crippen molar-refractivity contribution in [3.63, 3.8) is 0 Å². The monoisotopic (exact) mass is 248 g/mol. The molecule has 0 aliphatic rings. The van der Waals surface area contributed by atoms with E-state index >= 15 is 0 Å². The van der Waals surface area contributed by atoms with E-state index in [2.05, 4.69) is 5.18 Å². The SMILES string of the molecule is CC(c1ccc(C(F)(F)F)cc1N=O)[N+](=O)[O-]. The molecule has 1 unspecified atom stereocenters. The summed E-state index contributed by atoms with van der Waals surface area (Å²) in [7, 11) is 0. The van der Waals surface area contributed by atoms with E-state index in [1.54, 1.807) is 0 Å². The van der Waals surface area contributed by atoms with Gasteiger partial charge in [0.15, 0.2) is 0 Å². The maximum Gasteiger partial charge on any atom is 0.416 e. The van der Waals surface area contributed by atoms with Crippen molar-refractivity contribution in [1.82, 2.24) is 0 Å². The van der Waals surface area contributed by atoms with Crippen molar-refractivity contribution in [2.24, 2.45) is 5.18 Å². The standard InChI is InChI=1S/C9H7F3N2O3/c1-5(14(16)17)7-3-2-6(9(10,11)12)4-8(7)13-15/h2-5H,1H3. The Kier molecular flexibility index (Phi) is 3.45. The summed E-state index contributed by atoms with van der Waals surface area (Å²) >= 11 is 0. The molecule has 5 nitrogen and oxygen atoms in total. The van der Waals surface area contributed by atoms with Crippen LogP contribution in [0.1, 0.15) is 24.1 Å². The third-order valence-electron chi connectivity index (χ3n) is 2.22. The van der Waals surface area contributed by atoms with Crippen molar-refractivity contribution in [2.45, 2.75) is 19.1 Å². The number of halogens is 3. The minimum absolute atomic E-state index is 0.141. The Bertz CT molecular complexity index is 459. The number of nitro groups is 1. The first-order valence-electron chi connectivity index (χ1n) is 4.45. The molecular formula is C9H7F3N2O3. The second-order valence-corrected chi connectivity index (χ2v) is 3.32. The second kappa shape index (κ2) is 4.48. The van der Waals surface area contributed by atoms with Crippen LogP contribution in [-0.2, 0) is 6.18 Å². The van der Waals surface area contributed by atoms with Crippen LogP contribution in [0.4, 0.5) is 18.9 Å². The lowest BCUT2D eigenvalue weighted by molar-refractivity contribution is -0.524. The highest BCUT2D eigenvalue weighted by Gasteiger charge is 2.32. The van der Waals surface area contributed by atoms with Crippen LogP contribution in [0, 0.1) is 15.0 Å². The van der Waals surface area contributed by atoms with Gasteiger partial charge in [0.05, 0.1) is 11.1 Å². The Morgan fingerprint density at radius 3 is 2.41 bits per heavy atom. The average Bonchev–Trinajstić information content (AvgIpc) is 2.25. The van der Waals surface area contributed by atoms with Crippen LogP contribution in [0.3, 0.4) is 0 Å². The van der Waals surface area contributed by atoms with E-state index in [-0.39, 0.29) is 5.56 Å². The van der Waals surface area contributed by atoms with E-state index in [4.69, 9.17) is 0 Å². The summed E-state index contributed by atoms with van der Waals surface area (Å²) in [6.07, 6.45) is -4.62. The number of benzene rings is 1. The third kappa shape index (κ3) is 2.77. The van der Waals surface area contributed by atoms with Gasteiger partial charge in [0, 0.05) is 11.8 Å². The molecule has 0 N–H and O–H groups in total. The molecule has 0 amide bonds. The van der Waals surface area contributed by atoms with E-state index < -0.39 is 28.4 Å². The summed E-state index contributed by atoms with van der Waals surface area (Å²) in [5, 5.41) is 12.9. The van der Waals surface area contributed by atoms with Crippen LogP contribution in [0.5, 0.6) is 0 Å². The Balaban J connectivity index is 3.28. The van der Waals surface area contributed by atoms with Gasteiger partial charge in [-0.1, -0.05) is 0 Å². The molecule has 1 aromatic rings. The molecule has 0 radical (unpaired) electrons. The van der Waals surface area contributed by atoms with Crippen molar-refractivity contribution in [2.75, 3.05) is 0 Å². The van der Waals surface area contributed by atoms with Crippen molar-refractivity contribution in [1.29, 1.82) is 0 Å².